The fourth-order valence-electron chi connectivity index (χ4n) is 2.98. The van der Waals surface area contributed by atoms with Crippen LogP contribution in [0.15, 0.2) is 28.8 Å². The summed E-state index contributed by atoms with van der Waals surface area (Å²) in [4.78, 5) is 17.6. The topological polar surface area (TPSA) is 79.5 Å². The van der Waals surface area contributed by atoms with Gasteiger partial charge in [-0.1, -0.05) is 43.3 Å². The molecule has 1 aliphatic heterocycles. The molecule has 0 unspecified atom stereocenters. The van der Waals surface area contributed by atoms with E-state index in [9.17, 15) is 4.79 Å². The number of aromatic nitrogens is 2. The number of carboxylic acids is 1. The lowest BCUT2D eigenvalue weighted by molar-refractivity contribution is -0.143. The second-order valence-corrected chi connectivity index (χ2v) is 6.68. The average molecular weight is 329 g/mol. The molecule has 1 saturated heterocycles. The van der Waals surface area contributed by atoms with Crippen molar-refractivity contribution in [3.05, 3.63) is 35.7 Å². The molecule has 1 aliphatic rings. The van der Waals surface area contributed by atoms with Crippen LogP contribution in [-0.4, -0.2) is 39.2 Å². The molecule has 0 amide bonds. The molecule has 0 radical (unpaired) electrons. The van der Waals surface area contributed by atoms with Crippen LogP contribution in [0.25, 0.3) is 11.4 Å². The largest absolute Gasteiger partial charge is 0.481 e. The number of carbonyl (C=O) groups is 1. The van der Waals surface area contributed by atoms with Gasteiger partial charge in [0.05, 0.1) is 12.5 Å². The van der Waals surface area contributed by atoms with Crippen molar-refractivity contribution >= 4 is 5.97 Å². The van der Waals surface area contributed by atoms with Crippen LogP contribution in [0.1, 0.15) is 44.1 Å². The summed E-state index contributed by atoms with van der Waals surface area (Å²) in [5.74, 6) is 0.750. The molecule has 2 heterocycles. The molecule has 6 nitrogen and oxygen atoms in total. The third kappa shape index (κ3) is 3.82. The number of piperidine rings is 1. The van der Waals surface area contributed by atoms with E-state index < -0.39 is 5.97 Å². The summed E-state index contributed by atoms with van der Waals surface area (Å²) in [5.41, 5.74) is 2.22. The number of likely N-dealkylation sites (tertiary alicyclic amines) is 1. The predicted octanol–water partition coefficient (Wildman–Crippen LogP) is 3.16. The van der Waals surface area contributed by atoms with Crippen molar-refractivity contribution in [2.75, 3.05) is 13.1 Å². The van der Waals surface area contributed by atoms with Crippen molar-refractivity contribution in [2.45, 2.75) is 39.2 Å². The summed E-state index contributed by atoms with van der Waals surface area (Å²) < 4.78 is 5.35. The van der Waals surface area contributed by atoms with Crippen LogP contribution in [0, 0.1) is 5.92 Å². The van der Waals surface area contributed by atoms with Crippen LogP contribution in [-0.2, 0) is 11.3 Å². The average Bonchev–Trinajstić information content (AvgIpc) is 3.04. The Morgan fingerprint density at radius 2 is 1.96 bits per heavy atom. The number of rotatable bonds is 5. The van der Waals surface area contributed by atoms with Crippen molar-refractivity contribution in [1.82, 2.24) is 15.0 Å². The normalized spacial score (nSPS) is 16.6. The Balaban J connectivity index is 1.61. The van der Waals surface area contributed by atoms with Crippen LogP contribution < -0.4 is 0 Å². The first-order chi connectivity index (χ1) is 11.5. The molecule has 128 valence electrons. The molecule has 2 aromatic rings. The molecule has 24 heavy (non-hydrogen) atoms. The molecule has 6 heteroatoms. The maximum Gasteiger partial charge on any atom is 0.306 e. The van der Waals surface area contributed by atoms with E-state index in [1.165, 1.54) is 5.56 Å². The van der Waals surface area contributed by atoms with Crippen LogP contribution in [0.5, 0.6) is 0 Å². The van der Waals surface area contributed by atoms with Crippen molar-refractivity contribution in [2.24, 2.45) is 5.92 Å². The Morgan fingerprint density at radius 3 is 2.54 bits per heavy atom. The molecule has 0 bridgehead atoms. The molecule has 3 rings (SSSR count). The molecular weight excluding hydrogens is 306 g/mol. The Morgan fingerprint density at radius 1 is 1.29 bits per heavy atom. The van der Waals surface area contributed by atoms with Gasteiger partial charge in [0.1, 0.15) is 0 Å². The van der Waals surface area contributed by atoms with Crippen molar-refractivity contribution < 1.29 is 14.4 Å². The van der Waals surface area contributed by atoms with E-state index in [1.54, 1.807) is 0 Å². The van der Waals surface area contributed by atoms with Gasteiger partial charge >= 0.3 is 5.97 Å². The van der Waals surface area contributed by atoms with Crippen LogP contribution in [0.3, 0.4) is 0 Å². The predicted molar refractivity (Wildman–Crippen MR) is 89.5 cm³/mol. The molecule has 1 aromatic carbocycles. The molecular formula is C18H23N3O3. The van der Waals surface area contributed by atoms with Gasteiger partial charge in [-0.15, -0.1) is 0 Å². The first-order valence-electron chi connectivity index (χ1n) is 8.41. The molecule has 1 fully saturated rings. The zero-order valence-corrected chi connectivity index (χ0v) is 14.1. The minimum Gasteiger partial charge on any atom is -0.481 e. The van der Waals surface area contributed by atoms with E-state index in [4.69, 9.17) is 9.63 Å². The smallest absolute Gasteiger partial charge is 0.306 e. The second kappa shape index (κ2) is 7.13. The highest BCUT2D eigenvalue weighted by Gasteiger charge is 2.25. The highest BCUT2D eigenvalue weighted by atomic mass is 16.5. The third-order valence-corrected chi connectivity index (χ3v) is 4.60. The Labute approximate surface area is 141 Å². The van der Waals surface area contributed by atoms with Gasteiger partial charge < -0.3 is 9.63 Å². The van der Waals surface area contributed by atoms with E-state index >= 15 is 0 Å². The van der Waals surface area contributed by atoms with Gasteiger partial charge in [-0.3, -0.25) is 9.69 Å². The number of hydrogen-bond acceptors (Lipinski definition) is 5. The molecule has 0 spiro atoms. The number of aliphatic carboxylic acids is 1. The fraction of sp³-hybridized carbons (Fsp3) is 0.500. The van der Waals surface area contributed by atoms with Gasteiger partial charge in [0.15, 0.2) is 0 Å². The van der Waals surface area contributed by atoms with Crippen molar-refractivity contribution in [3.8, 4) is 11.4 Å². The van der Waals surface area contributed by atoms with Crippen LogP contribution in [0.2, 0.25) is 0 Å². The third-order valence-electron chi connectivity index (χ3n) is 4.60. The summed E-state index contributed by atoms with van der Waals surface area (Å²) in [5, 5.41) is 13.1. The summed E-state index contributed by atoms with van der Waals surface area (Å²) in [7, 11) is 0. The number of nitrogens with zero attached hydrogens (tertiary/aromatic N) is 3. The molecule has 0 aliphatic carbocycles. The van der Waals surface area contributed by atoms with E-state index in [0.717, 1.165) is 18.7 Å². The van der Waals surface area contributed by atoms with E-state index in [-0.39, 0.29) is 5.92 Å². The summed E-state index contributed by atoms with van der Waals surface area (Å²) in [6, 6.07) is 8.21. The second-order valence-electron chi connectivity index (χ2n) is 6.68. The maximum atomic E-state index is 11.0. The van der Waals surface area contributed by atoms with E-state index in [2.05, 4.69) is 41.0 Å². The SMILES string of the molecule is CC(C)c1ccc(-c2noc(CN3CCC(C(=O)O)CC3)n2)cc1. The Bertz CT molecular complexity index is 686. The summed E-state index contributed by atoms with van der Waals surface area (Å²) in [6.45, 7) is 6.39. The lowest BCUT2D eigenvalue weighted by Gasteiger charge is -2.28. The van der Waals surface area contributed by atoms with Crippen LogP contribution in [0.4, 0.5) is 0 Å². The van der Waals surface area contributed by atoms with Gasteiger partial charge in [-0.25, -0.2) is 0 Å². The lowest BCUT2D eigenvalue weighted by Crippen LogP contribution is -2.35. The quantitative estimate of drug-likeness (QED) is 0.907. The van der Waals surface area contributed by atoms with Gasteiger partial charge in [0, 0.05) is 5.56 Å². The standard InChI is InChI=1S/C18H23N3O3/c1-12(2)13-3-5-14(6-4-13)17-19-16(24-20-17)11-21-9-7-15(8-10-21)18(22)23/h3-6,12,15H,7-11H2,1-2H3,(H,22,23). The maximum absolute atomic E-state index is 11.0. The molecule has 1 N–H and O–H groups in total. The summed E-state index contributed by atoms with van der Waals surface area (Å²) in [6.07, 6.45) is 1.35. The van der Waals surface area contributed by atoms with E-state index in [1.807, 2.05) is 12.1 Å². The first-order valence-corrected chi connectivity index (χ1v) is 8.41. The highest BCUT2D eigenvalue weighted by Crippen LogP contribution is 2.22. The molecule has 0 saturated carbocycles. The van der Waals surface area contributed by atoms with Gasteiger partial charge in [-0.05, 0) is 37.4 Å². The minimum absolute atomic E-state index is 0.223. The minimum atomic E-state index is -0.695. The monoisotopic (exact) mass is 329 g/mol. The summed E-state index contributed by atoms with van der Waals surface area (Å²) >= 11 is 0. The number of carboxylic acid groups (broad SMARTS) is 1. The number of hydrogen-bond donors (Lipinski definition) is 1. The fourth-order valence-corrected chi connectivity index (χ4v) is 2.98. The first kappa shape index (κ1) is 16.6. The Kier molecular flexibility index (Phi) is 4.94. The zero-order valence-electron chi connectivity index (χ0n) is 14.1. The number of benzene rings is 1. The van der Waals surface area contributed by atoms with Gasteiger partial charge in [0.2, 0.25) is 11.7 Å². The zero-order chi connectivity index (χ0) is 17.1. The van der Waals surface area contributed by atoms with Crippen molar-refractivity contribution in [3.63, 3.8) is 0 Å². The van der Waals surface area contributed by atoms with Gasteiger partial charge in [-0.2, -0.15) is 4.98 Å². The lowest BCUT2D eigenvalue weighted by atomic mass is 9.97. The highest BCUT2D eigenvalue weighted by molar-refractivity contribution is 5.70. The molecule has 1 aromatic heterocycles. The van der Waals surface area contributed by atoms with Crippen molar-refractivity contribution in [1.29, 1.82) is 0 Å². The van der Waals surface area contributed by atoms with E-state index in [0.29, 0.717) is 37.0 Å². The van der Waals surface area contributed by atoms with Gasteiger partial charge in [0.25, 0.3) is 0 Å². The molecule has 0 atom stereocenters. The van der Waals surface area contributed by atoms with Crippen LogP contribution >= 0.6 is 0 Å². The Hall–Kier alpha value is -2.21.